The first-order chi connectivity index (χ1) is 15.4. The third kappa shape index (κ3) is 10.3. The molecule has 2 rings (SSSR count). The molecule has 1 aliphatic rings. The highest BCUT2D eigenvalue weighted by molar-refractivity contribution is 14.0. The normalized spacial score (nSPS) is 17.7. The number of aliphatic hydroxyl groups is 1. The summed E-state index contributed by atoms with van der Waals surface area (Å²) in [6, 6.07) is 8.43. The highest BCUT2D eigenvalue weighted by Gasteiger charge is 2.25. The second-order valence-corrected chi connectivity index (χ2v) is 8.48. The number of morpholine rings is 1. The summed E-state index contributed by atoms with van der Waals surface area (Å²) in [6.45, 7) is 15.7. The Morgan fingerprint density at radius 1 is 1.24 bits per heavy atom. The van der Waals surface area contributed by atoms with E-state index in [0.29, 0.717) is 19.6 Å². The van der Waals surface area contributed by atoms with Gasteiger partial charge in [0.15, 0.2) is 5.96 Å². The Kier molecular flexibility index (Phi) is 14.2. The molecule has 33 heavy (non-hydrogen) atoms. The zero-order valence-electron chi connectivity index (χ0n) is 21.0. The number of hydrogen-bond acceptors (Lipinski definition) is 6. The topological polar surface area (TPSA) is 81.6 Å². The van der Waals surface area contributed by atoms with E-state index in [2.05, 4.69) is 46.4 Å². The van der Waals surface area contributed by atoms with Crippen molar-refractivity contribution in [2.45, 2.75) is 39.3 Å². The maximum absolute atomic E-state index is 10.9. The number of β-amino-alcohol motifs (C(OH)–C–C–N with tert-alkyl or cyclic N) is 1. The Bertz CT molecular complexity index is 694. The van der Waals surface area contributed by atoms with Crippen molar-refractivity contribution in [3.63, 3.8) is 0 Å². The minimum absolute atomic E-state index is 0. The van der Waals surface area contributed by atoms with E-state index in [-0.39, 0.29) is 30.0 Å². The van der Waals surface area contributed by atoms with Crippen molar-refractivity contribution in [2.24, 2.45) is 4.99 Å². The van der Waals surface area contributed by atoms with Crippen molar-refractivity contribution in [1.82, 2.24) is 20.4 Å². The second-order valence-electron chi connectivity index (χ2n) is 8.48. The molecule has 0 amide bonds. The molecular formula is C24H44IN5O3. The van der Waals surface area contributed by atoms with Gasteiger partial charge in [0.25, 0.3) is 0 Å². The summed E-state index contributed by atoms with van der Waals surface area (Å²) in [5.74, 6) is 1.58. The monoisotopic (exact) mass is 577 g/mol. The van der Waals surface area contributed by atoms with Gasteiger partial charge in [-0.25, -0.2) is 0 Å². The minimum Gasteiger partial charge on any atom is -0.497 e. The fourth-order valence-corrected chi connectivity index (χ4v) is 4.05. The molecule has 0 radical (unpaired) electrons. The van der Waals surface area contributed by atoms with Crippen LogP contribution in [0, 0.1) is 0 Å². The molecule has 0 spiro atoms. The van der Waals surface area contributed by atoms with E-state index in [1.165, 1.54) is 5.56 Å². The summed E-state index contributed by atoms with van der Waals surface area (Å²) < 4.78 is 10.8. The molecule has 3 N–H and O–H groups in total. The number of rotatable bonds is 12. The number of methoxy groups -OCH3 is 1. The molecule has 9 heteroatoms. The molecule has 8 nitrogen and oxygen atoms in total. The van der Waals surface area contributed by atoms with Crippen molar-refractivity contribution in [3.8, 4) is 5.75 Å². The average Bonchev–Trinajstić information content (AvgIpc) is 2.80. The molecule has 1 aromatic rings. The van der Waals surface area contributed by atoms with Gasteiger partial charge in [-0.3, -0.25) is 14.8 Å². The van der Waals surface area contributed by atoms with Gasteiger partial charge >= 0.3 is 0 Å². The largest absolute Gasteiger partial charge is 0.497 e. The van der Waals surface area contributed by atoms with E-state index in [1.54, 1.807) is 7.11 Å². The molecule has 2 unspecified atom stereocenters. The lowest BCUT2D eigenvalue weighted by Gasteiger charge is -2.33. The van der Waals surface area contributed by atoms with Gasteiger partial charge in [0.2, 0.25) is 0 Å². The molecule has 2 atom stereocenters. The summed E-state index contributed by atoms with van der Waals surface area (Å²) in [7, 11) is 1.70. The predicted molar refractivity (Wildman–Crippen MR) is 146 cm³/mol. The van der Waals surface area contributed by atoms with E-state index in [4.69, 9.17) is 14.5 Å². The molecule has 0 aromatic heterocycles. The van der Waals surface area contributed by atoms with Crippen LogP contribution < -0.4 is 15.4 Å². The minimum atomic E-state index is -0.898. The SMILES string of the molecule is CCNC(=NCC(C)(O)CN1CCOCC1)NCC(c1cccc(OC)c1)N(CC)CC.I. The van der Waals surface area contributed by atoms with Crippen LogP contribution in [0.25, 0.3) is 0 Å². The Morgan fingerprint density at radius 3 is 2.55 bits per heavy atom. The fourth-order valence-electron chi connectivity index (χ4n) is 4.05. The van der Waals surface area contributed by atoms with Gasteiger partial charge in [-0.2, -0.15) is 0 Å². The van der Waals surface area contributed by atoms with Crippen molar-refractivity contribution in [2.75, 3.05) is 72.7 Å². The first kappa shape index (κ1) is 29.9. The Hall–Kier alpha value is -1.14. The summed E-state index contributed by atoms with van der Waals surface area (Å²) in [4.78, 5) is 9.36. The number of likely N-dealkylation sites (N-methyl/N-ethyl adjacent to an activating group) is 1. The number of ether oxygens (including phenoxy) is 2. The summed E-state index contributed by atoms with van der Waals surface area (Å²) in [5, 5.41) is 17.7. The molecule has 0 bridgehead atoms. The van der Waals surface area contributed by atoms with Gasteiger partial charge < -0.3 is 25.2 Å². The van der Waals surface area contributed by atoms with Gasteiger partial charge in [-0.15, -0.1) is 24.0 Å². The summed E-state index contributed by atoms with van der Waals surface area (Å²) >= 11 is 0. The van der Waals surface area contributed by atoms with Crippen molar-refractivity contribution in [1.29, 1.82) is 0 Å². The van der Waals surface area contributed by atoms with Gasteiger partial charge in [-0.1, -0.05) is 26.0 Å². The van der Waals surface area contributed by atoms with Crippen LogP contribution in [0.1, 0.15) is 39.3 Å². The number of benzene rings is 1. The molecule has 1 heterocycles. The molecular weight excluding hydrogens is 533 g/mol. The van der Waals surface area contributed by atoms with Crippen LogP contribution in [0.3, 0.4) is 0 Å². The van der Waals surface area contributed by atoms with E-state index < -0.39 is 5.60 Å². The van der Waals surface area contributed by atoms with Crippen LogP contribution in [-0.4, -0.2) is 99.1 Å². The second kappa shape index (κ2) is 15.7. The summed E-state index contributed by atoms with van der Waals surface area (Å²) in [5.41, 5.74) is 0.306. The van der Waals surface area contributed by atoms with Gasteiger partial charge in [0.05, 0.1) is 38.5 Å². The van der Waals surface area contributed by atoms with E-state index in [1.807, 2.05) is 26.0 Å². The smallest absolute Gasteiger partial charge is 0.191 e. The van der Waals surface area contributed by atoms with Crippen LogP contribution in [0.2, 0.25) is 0 Å². The van der Waals surface area contributed by atoms with Crippen LogP contribution >= 0.6 is 24.0 Å². The third-order valence-corrected chi connectivity index (χ3v) is 5.78. The number of guanidine groups is 1. The van der Waals surface area contributed by atoms with E-state index >= 15 is 0 Å². The first-order valence-corrected chi connectivity index (χ1v) is 11.8. The first-order valence-electron chi connectivity index (χ1n) is 11.8. The van der Waals surface area contributed by atoms with Crippen LogP contribution in [0.5, 0.6) is 5.75 Å². The van der Waals surface area contributed by atoms with Crippen LogP contribution in [0.4, 0.5) is 0 Å². The van der Waals surface area contributed by atoms with E-state index in [0.717, 1.165) is 57.6 Å². The number of nitrogens with zero attached hydrogens (tertiary/aromatic N) is 3. The van der Waals surface area contributed by atoms with Crippen molar-refractivity contribution in [3.05, 3.63) is 29.8 Å². The predicted octanol–water partition coefficient (Wildman–Crippen LogP) is 2.33. The molecule has 0 aliphatic carbocycles. The standard InChI is InChI=1S/C24H43N5O3.HI/c1-6-25-23(27-18-24(4,30)19-28-12-14-32-15-13-28)26-17-22(29(7-2)8-3)20-10-9-11-21(16-20)31-5;/h9-11,16,22,30H,6-8,12-15,17-19H2,1-5H3,(H2,25,26,27);1H. The Labute approximate surface area is 217 Å². The van der Waals surface area contributed by atoms with Gasteiger partial charge in [0.1, 0.15) is 5.75 Å². The van der Waals surface area contributed by atoms with Crippen LogP contribution in [-0.2, 0) is 4.74 Å². The molecule has 1 aliphatic heterocycles. The van der Waals surface area contributed by atoms with E-state index in [9.17, 15) is 5.11 Å². The quantitative estimate of drug-likeness (QED) is 0.200. The van der Waals surface area contributed by atoms with Crippen LogP contribution in [0.15, 0.2) is 29.3 Å². The van der Waals surface area contributed by atoms with Crippen molar-refractivity contribution < 1.29 is 14.6 Å². The highest BCUT2D eigenvalue weighted by atomic mass is 127. The Balaban J connectivity index is 0.00000544. The molecule has 1 fully saturated rings. The number of hydrogen-bond donors (Lipinski definition) is 3. The molecule has 1 saturated heterocycles. The fraction of sp³-hybridized carbons (Fsp3) is 0.708. The lowest BCUT2D eigenvalue weighted by molar-refractivity contribution is -0.0180. The Morgan fingerprint density at radius 2 is 1.94 bits per heavy atom. The number of halogens is 1. The van der Waals surface area contributed by atoms with Gasteiger partial charge in [-0.05, 0) is 44.6 Å². The molecule has 1 aromatic carbocycles. The van der Waals surface area contributed by atoms with Crippen molar-refractivity contribution >= 4 is 29.9 Å². The third-order valence-electron chi connectivity index (χ3n) is 5.78. The summed E-state index contributed by atoms with van der Waals surface area (Å²) in [6.07, 6.45) is 0. The zero-order chi connectivity index (χ0) is 23.4. The number of nitrogens with one attached hydrogen (secondary N) is 2. The maximum atomic E-state index is 10.9. The van der Waals surface area contributed by atoms with Gasteiger partial charge in [0, 0.05) is 32.7 Å². The molecule has 190 valence electrons. The molecule has 0 saturated carbocycles. The number of aliphatic imine (C=N–C) groups is 1. The lowest BCUT2D eigenvalue weighted by Crippen LogP contribution is -2.48. The maximum Gasteiger partial charge on any atom is 0.191 e. The highest BCUT2D eigenvalue weighted by Crippen LogP contribution is 2.23. The zero-order valence-corrected chi connectivity index (χ0v) is 23.3. The average molecular weight is 578 g/mol. The lowest BCUT2D eigenvalue weighted by atomic mass is 10.0.